The Morgan fingerprint density at radius 1 is 1.09 bits per heavy atom. The largest absolute Gasteiger partial charge is 0.493 e. The topological polar surface area (TPSA) is 140 Å². The minimum Gasteiger partial charge on any atom is -0.493 e. The van der Waals surface area contributed by atoms with Crippen LogP contribution in [-0.2, 0) is 35.6 Å². The van der Waals surface area contributed by atoms with Gasteiger partial charge < -0.3 is 24.8 Å². The highest BCUT2D eigenvalue weighted by atomic mass is 32.2. The number of esters is 1. The molecule has 0 saturated heterocycles. The van der Waals surface area contributed by atoms with Gasteiger partial charge in [0.05, 0.1) is 19.1 Å². The quantitative estimate of drug-likeness (QED) is 0.436. The molecule has 1 atom stereocenters. The number of carbonyl (C=O) groups excluding carboxylic acids is 3. The van der Waals surface area contributed by atoms with Crippen LogP contribution >= 0.6 is 0 Å². The Morgan fingerprint density at radius 3 is 2.56 bits per heavy atom. The molecule has 246 valence electrons. The van der Waals surface area contributed by atoms with Crippen LogP contribution in [0.5, 0.6) is 11.5 Å². The molecule has 0 aromatic heterocycles. The summed E-state index contributed by atoms with van der Waals surface area (Å²) in [6.07, 6.45) is 2.60. The van der Waals surface area contributed by atoms with Crippen LogP contribution in [0.2, 0.25) is 0 Å². The van der Waals surface area contributed by atoms with Crippen molar-refractivity contribution in [2.75, 3.05) is 46.5 Å². The van der Waals surface area contributed by atoms with Gasteiger partial charge >= 0.3 is 5.97 Å². The van der Waals surface area contributed by atoms with Crippen LogP contribution < -0.4 is 20.1 Å². The third-order valence-corrected chi connectivity index (χ3v) is 9.78. The van der Waals surface area contributed by atoms with Gasteiger partial charge in [0.2, 0.25) is 15.9 Å². The van der Waals surface area contributed by atoms with Crippen molar-refractivity contribution >= 4 is 27.8 Å². The summed E-state index contributed by atoms with van der Waals surface area (Å²) in [4.78, 5) is 38.5. The van der Waals surface area contributed by atoms with E-state index in [-0.39, 0.29) is 57.8 Å². The van der Waals surface area contributed by atoms with E-state index >= 15 is 0 Å². The smallest absolute Gasteiger partial charge is 0.314 e. The van der Waals surface area contributed by atoms with E-state index in [1.165, 1.54) is 7.11 Å². The molecular formula is C31H39F2N3O8S. The molecule has 1 aliphatic heterocycles. The highest BCUT2D eigenvalue weighted by Gasteiger charge is 2.45. The Bertz CT molecular complexity index is 1500. The van der Waals surface area contributed by atoms with Gasteiger partial charge in [-0.3, -0.25) is 14.4 Å². The van der Waals surface area contributed by atoms with Crippen LogP contribution in [0.3, 0.4) is 0 Å². The summed E-state index contributed by atoms with van der Waals surface area (Å²) in [6.45, 7) is 0.866. The normalized spacial score (nSPS) is 21.0. The number of amides is 2. The molecule has 14 heteroatoms. The van der Waals surface area contributed by atoms with Crippen LogP contribution in [0.25, 0.3) is 0 Å². The number of sulfonamides is 1. The lowest BCUT2D eigenvalue weighted by atomic mass is 9.76. The van der Waals surface area contributed by atoms with Crippen molar-refractivity contribution in [3.05, 3.63) is 53.6 Å². The van der Waals surface area contributed by atoms with Crippen LogP contribution in [0, 0.1) is 23.0 Å². The third-order valence-electron chi connectivity index (χ3n) is 7.84. The summed E-state index contributed by atoms with van der Waals surface area (Å²) in [6, 6.07) is 7.30. The molecule has 0 spiro atoms. The molecule has 2 bridgehead atoms. The number of nitrogens with zero attached hydrogens (tertiary/aromatic N) is 1. The van der Waals surface area contributed by atoms with Gasteiger partial charge in [-0.2, -0.15) is 4.31 Å². The first kappa shape index (κ1) is 34.1. The molecule has 2 aromatic rings. The summed E-state index contributed by atoms with van der Waals surface area (Å²) >= 11 is 0. The molecule has 2 aliphatic rings. The number of methoxy groups -OCH3 is 1. The molecule has 1 unspecified atom stereocenters. The Kier molecular flexibility index (Phi) is 11.4. The summed E-state index contributed by atoms with van der Waals surface area (Å²) < 4.78 is 72.3. The lowest BCUT2D eigenvalue weighted by Crippen LogP contribution is -2.46. The first-order valence-electron chi connectivity index (χ1n) is 14.9. The minimum absolute atomic E-state index is 0.00536. The van der Waals surface area contributed by atoms with E-state index in [1.807, 2.05) is 0 Å². The first-order chi connectivity index (χ1) is 21.5. The van der Waals surface area contributed by atoms with Crippen molar-refractivity contribution in [1.29, 1.82) is 0 Å². The second-order valence-electron chi connectivity index (χ2n) is 11.3. The number of fused-ring (bicyclic) bond motifs is 2. The molecular weight excluding hydrogens is 612 g/mol. The fraction of sp³-hybridized carbons (Fsp3) is 0.516. The van der Waals surface area contributed by atoms with Gasteiger partial charge in [-0.05, 0) is 61.9 Å². The molecule has 11 nitrogen and oxygen atoms in total. The molecule has 2 N–H and O–H groups in total. The van der Waals surface area contributed by atoms with Crippen molar-refractivity contribution in [2.45, 2.75) is 50.3 Å². The lowest BCUT2D eigenvalue weighted by Gasteiger charge is -2.32. The molecule has 1 saturated carbocycles. The zero-order valence-corrected chi connectivity index (χ0v) is 26.2. The zero-order valence-electron chi connectivity index (χ0n) is 25.4. The predicted molar refractivity (Wildman–Crippen MR) is 159 cm³/mol. The molecule has 2 amide bonds. The number of hydrogen-bond donors (Lipinski definition) is 2. The first-order valence-corrected chi connectivity index (χ1v) is 16.4. The van der Waals surface area contributed by atoms with Gasteiger partial charge in [0.1, 0.15) is 16.5 Å². The molecule has 1 heterocycles. The van der Waals surface area contributed by atoms with Crippen LogP contribution in [0.15, 0.2) is 41.3 Å². The average Bonchev–Trinajstić information content (AvgIpc) is 3.81. The van der Waals surface area contributed by atoms with Gasteiger partial charge in [0.15, 0.2) is 18.1 Å². The molecule has 45 heavy (non-hydrogen) atoms. The van der Waals surface area contributed by atoms with Crippen molar-refractivity contribution in [3.8, 4) is 11.5 Å². The van der Waals surface area contributed by atoms with Gasteiger partial charge in [-0.1, -0.05) is 18.9 Å². The maximum absolute atomic E-state index is 14.5. The summed E-state index contributed by atoms with van der Waals surface area (Å²) in [7, 11) is -3.01. The van der Waals surface area contributed by atoms with E-state index in [2.05, 4.69) is 10.6 Å². The number of carbonyl (C=O) groups is 3. The monoisotopic (exact) mass is 651 g/mol. The van der Waals surface area contributed by atoms with Gasteiger partial charge in [-0.25, -0.2) is 17.2 Å². The third kappa shape index (κ3) is 8.91. The maximum Gasteiger partial charge on any atom is 0.314 e. The van der Waals surface area contributed by atoms with Crippen molar-refractivity contribution in [1.82, 2.24) is 14.9 Å². The standard InChI is InChI=1S/C31H39F2N3O8S/c1-3-43-30(39)31(17-21-6-7-21)18-22-8-10-25(42-2)26(15-22)44-19-29(38)34-12-14-36(13-4-5-28(37)35-20-31)45(40,41)27-11-9-23(32)16-24(27)33/h8-11,15-16,21H,3-7,12-14,17-20H2,1-2H3,(H,34,38)(H,35,37). The summed E-state index contributed by atoms with van der Waals surface area (Å²) in [5.41, 5.74) is -0.360. The fourth-order valence-electron chi connectivity index (χ4n) is 5.39. The Labute approximate surface area is 261 Å². The number of nitrogens with one attached hydrogen (secondary N) is 2. The van der Waals surface area contributed by atoms with E-state index in [0.717, 1.165) is 34.8 Å². The zero-order chi connectivity index (χ0) is 32.6. The minimum atomic E-state index is -4.46. The molecule has 4 rings (SSSR count). The second kappa shape index (κ2) is 15.0. The predicted octanol–water partition coefficient (Wildman–Crippen LogP) is 2.96. The van der Waals surface area contributed by atoms with Crippen molar-refractivity contribution in [2.24, 2.45) is 11.3 Å². The maximum atomic E-state index is 14.5. The lowest BCUT2D eigenvalue weighted by molar-refractivity contribution is -0.156. The second-order valence-corrected chi connectivity index (χ2v) is 13.2. The van der Waals surface area contributed by atoms with Crippen LogP contribution in [0.4, 0.5) is 8.78 Å². The Morgan fingerprint density at radius 2 is 1.87 bits per heavy atom. The highest BCUT2D eigenvalue weighted by Crippen LogP contribution is 2.43. The van der Waals surface area contributed by atoms with Gasteiger partial charge in [0, 0.05) is 38.7 Å². The number of hydrogen-bond acceptors (Lipinski definition) is 8. The Balaban J connectivity index is 1.64. The number of ether oxygens (including phenoxy) is 3. The van der Waals surface area contributed by atoms with Crippen LogP contribution in [-0.4, -0.2) is 77.0 Å². The van der Waals surface area contributed by atoms with E-state index in [9.17, 15) is 31.6 Å². The fourth-order valence-corrected chi connectivity index (χ4v) is 6.91. The SMILES string of the molecule is CCOC(=O)C1(CC2CC2)CNC(=O)CCCN(S(=O)(=O)c2ccc(F)cc2F)CCNC(=O)COc2cc(ccc2OC)C1. The van der Waals surface area contributed by atoms with E-state index < -0.39 is 56.4 Å². The number of rotatable bonds is 7. The average molecular weight is 652 g/mol. The number of benzene rings is 2. The van der Waals surface area contributed by atoms with Gasteiger partial charge in [-0.15, -0.1) is 0 Å². The van der Waals surface area contributed by atoms with Crippen LogP contribution in [0.1, 0.15) is 44.6 Å². The molecule has 2 aromatic carbocycles. The molecule has 0 radical (unpaired) electrons. The van der Waals surface area contributed by atoms with E-state index in [4.69, 9.17) is 14.2 Å². The molecule has 1 fully saturated rings. The van der Waals surface area contributed by atoms with E-state index in [0.29, 0.717) is 24.2 Å². The van der Waals surface area contributed by atoms with Crippen molar-refractivity contribution in [3.63, 3.8) is 0 Å². The summed E-state index contributed by atoms with van der Waals surface area (Å²) in [5, 5.41) is 5.45. The van der Waals surface area contributed by atoms with Crippen molar-refractivity contribution < 1.29 is 45.8 Å². The molecule has 1 aliphatic carbocycles. The highest BCUT2D eigenvalue weighted by molar-refractivity contribution is 7.89. The van der Waals surface area contributed by atoms with E-state index in [1.54, 1.807) is 25.1 Å². The summed E-state index contributed by atoms with van der Waals surface area (Å²) in [5.74, 6) is -2.67. The number of halogens is 2. The Hall–Kier alpha value is -3.78. The van der Waals surface area contributed by atoms with Gasteiger partial charge in [0.25, 0.3) is 5.91 Å².